The van der Waals surface area contributed by atoms with Gasteiger partial charge in [0.2, 0.25) is 0 Å². The standard InChI is InChI=1S/C16H24N2O2/c1-4-10-17-16(2,15(19)20-3)12-18-11-9-13-7-5-6-8-14(13)18/h5-8,17H,4,9-12H2,1-3H3. The van der Waals surface area contributed by atoms with Crippen LogP contribution in [0, 0.1) is 0 Å². The molecule has 1 heterocycles. The molecule has 2 rings (SSSR count). The monoisotopic (exact) mass is 276 g/mol. The van der Waals surface area contributed by atoms with Crippen LogP contribution in [0.2, 0.25) is 0 Å². The topological polar surface area (TPSA) is 41.6 Å². The predicted molar refractivity (Wildman–Crippen MR) is 81.1 cm³/mol. The van der Waals surface area contributed by atoms with Crippen LogP contribution in [0.15, 0.2) is 24.3 Å². The lowest BCUT2D eigenvalue weighted by Crippen LogP contribution is -2.57. The van der Waals surface area contributed by atoms with E-state index in [1.807, 2.05) is 13.0 Å². The highest BCUT2D eigenvalue weighted by Gasteiger charge is 2.37. The number of anilines is 1. The van der Waals surface area contributed by atoms with Crippen LogP contribution in [0.4, 0.5) is 5.69 Å². The smallest absolute Gasteiger partial charge is 0.327 e. The Morgan fingerprint density at radius 1 is 1.45 bits per heavy atom. The van der Waals surface area contributed by atoms with Crippen molar-refractivity contribution >= 4 is 11.7 Å². The number of carbonyl (C=O) groups excluding carboxylic acids is 1. The van der Waals surface area contributed by atoms with Gasteiger partial charge >= 0.3 is 5.97 Å². The minimum atomic E-state index is -0.664. The van der Waals surface area contributed by atoms with Gasteiger partial charge in [-0.05, 0) is 37.9 Å². The SMILES string of the molecule is CCCNC(C)(CN1CCc2ccccc21)C(=O)OC. The summed E-state index contributed by atoms with van der Waals surface area (Å²) in [6, 6.07) is 8.40. The van der Waals surface area contributed by atoms with E-state index in [2.05, 4.69) is 35.3 Å². The van der Waals surface area contributed by atoms with Crippen LogP contribution in [0.3, 0.4) is 0 Å². The molecule has 20 heavy (non-hydrogen) atoms. The fraction of sp³-hybridized carbons (Fsp3) is 0.562. The zero-order valence-electron chi connectivity index (χ0n) is 12.6. The van der Waals surface area contributed by atoms with E-state index < -0.39 is 5.54 Å². The number of ether oxygens (including phenoxy) is 1. The molecule has 0 bridgehead atoms. The lowest BCUT2D eigenvalue weighted by atomic mass is 10.0. The Morgan fingerprint density at radius 3 is 2.90 bits per heavy atom. The van der Waals surface area contributed by atoms with Crippen molar-refractivity contribution in [1.82, 2.24) is 5.32 Å². The van der Waals surface area contributed by atoms with Gasteiger partial charge in [0.15, 0.2) is 0 Å². The molecule has 1 unspecified atom stereocenters. The fourth-order valence-electron chi connectivity index (χ4n) is 2.77. The lowest BCUT2D eigenvalue weighted by Gasteiger charge is -2.33. The summed E-state index contributed by atoms with van der Waals surface area (Å²) in [6.07, 6.45) is 2.03. The van der Waals surface area contributed by atoms with Crippen molar-refractivity contribution in [3.05, 3.63) is 29.8 Å². The zero-order chi connectivity index (χ0) is 14.6. The van der Waals surface area contributed by atoms with E-state index in [1.165, 1.54) is 18.4 Å². The molecule has 1 aromatic carbocycles. The van der Waals surface area contributed by atoms with Crippen molar-refractivity contribution in [3.8, 4) is 0 Å². The van der Waals surface area contributed by atoms with Crippen molar-refractivity contribution in [3.63, 3.8) is 0 Å². The Bertz CT molecular complexity index is 475. The Kier molecular flexibility index (Phi) is 4.65. The fourth-order valence-corrected chi connectivity index (χ4v) is 2.77. The molecule has 0 amide bonds. The summed E-state index contributed by atoms with van der Waals surface area (Å²) < 4.78 is 4.98. The van der Waals surface area contributed by atoms with Crippen LogP contribution in [0.5, 0.6) is 0 Å². The molecule has 1 aliphatic rings. The van der Waals surface area contributed by atoms with E-state index in [-0.39, 0.29) is 5.97 Å². The second-order valence-electron chi connectivity index (χ2n) is 5.55. The van der Waals surface area contributed by atoms with Crippen molar-refractivity contribution in [2.75, 3.05) is 31.6 Å². The summed E-state index contributed by atoms with van der Waals surface area (Å²) >= 11 is 0. The van der Waals surface area contributed by atoms with Crippen LogP contribution >= 0.6 is 0 Å². The van der Waals surface area contributed by atoms with Crippen LogP contribution in [-0.2, 0) is 16.0 Å². The van der Waals surface area contributed by atoms with Crippen molar-refractivity contribution in [2.45, 2.75) is 32.2 Å². The molecular weight excluding hydrogens is 252 g/mol. The third kappa shape index (κ3) is 2.96. The minimum absolute atomic E-state index is 0.199. The first kappa shape index (κ1) is 14.9. The van der Waals surface area contributed by atoms with Gasteiger partial charge < -0.3 is 15.0 Å². The molecule has 1 atom stereocenters. The number of hydrogen-bond donors (Lipinski definition) is 1. The summed E-state index contributed by atoms with van der Waals surface area (Å²) in [6.45, 7) is 6.42. The number of hydrogen-bond acceptors (Lipinski definition) is 4. The lowest BCUT2D eigenvalue weighted by molar-refractivity contribution is -0.147. The summed E-state index contributed by atoms with van der Waals surface area (Å²) in [5, 5.41) is 3.34. The molecular formula is C16H24N2O2. The van der Waals surface area contributed by atoms with Crippen LogP contribution in [0.25, 0.3) is 0 Å². The molecule has 0 spiro atoms. The molecule has 0 aliphatic carbocycles. The second-order valence-corrected chi connectivity index (χ2v) is 5.55. The molecule has 1 aliphatic heterocycles. The average molecular weight is 276 g/mol. The summed E-state index contributed by atoms with van der Waals surface area (Å²) in [4.78, 5) is 14.4. The van der Waals surface area contributed by atoms with Crippen molar-refractivity contribution < 1.29 is 9.53 Å². The molecule has 4 nitrogen and oxygen atoms in total. The summed E-state index contributed by atoms with van der Waals surface area (Å²) in [5.41, 5.74) is 1.93. The van der Waals surface area contributed by atoms with Gasteiger partial charge in [-0.1, -0.05) is 25.1 Å². The van der Waals surface area contributed by atoms with E-state index in [1.54, 1.807) is 0 Å². The number of rotatable bonds is 6. The molecule has 0 aromatic heterocycles. The number of para-hydroxylation sites is 1. The first-order valence-electron chi connectivity index (χ1n) is 7.27. The van der Waals surface area contributed by atoms with Gasteiger partial charge in [0.1, 0.15) is 5.54 Å². The van der Waals surface area contributed by atoms with Crippen LogP contribution in [-0.4, -0.2) is 38.3 Å². The minimum Gasteiger partial charge on any atom is -0.468 e. The van der Waals surface area contributed by atoms with E-state index in [0.29, 0.717) is 6.54 Å². The number of carbonyl (C=O) groups is 1. The van der Waals surface area contributed by atoms with Crippen LogP contribution in [0.1, 0.15) is 25.8 Å². The molecule has 1 N–H and O–H groups in total. The maximum atomic E-state index is 12.1. The molecule has 0 saturated heterocycles. The number of methoxy groups -OCH3 is 1. The highest BCUT2D eigenvalue weighted by molar-refractivity contribution is 5.81. The molecule has 0 radical (unpaired) electrons. The average Bonchev–Trinajstić information content (AvgIpc) is 2.87. The molecule has 1 aromatic rings. The first-order valence-corrected chi connectivity index (χ1v) is 7.27. The predicted octanol–water partition coefficient (Wildman–Crippen LogP) is 1.98. The third-order valence-corrected chi connectivity index (χ3v) is 3.89. The van der Waals surface area contributed by atoms with Gasteiger partial charge in [-0.25, -0.2) is 4.79 Å². The Balaban J connectivity index is 2.15. The zero-order valence-corrected chi connectivity index (χ0v) is 12.6. The van der Waals surface area contributed by atoms with Crippen molar-refractivity contribution in [2.24, 2.45) is 0 Å². The van der Waals surface area contributed by atoms with Crippen molar-refractivity contribution in [1.29, 1.82) is 0 Å². The Hall–Kier alpha value is -1.55. The molecule has 4 heteroatoms. The maximum Gasteiger partial charge on any atom is 0.327 e. The Labute approximate surface area is 121 Å². The number of esters is 1. The van der Waals surface area contributed by atoms with Gasteiger partial charge in [0.25, 0.3) is 0 Å². The summed E-state index contributed by atoms with van der Waals surface area (Å²) in [7, 11) is 1.45. The second kappa shape index (κ2) is 6.27. The number of nitrogens with zero attached hydrogens (tertiary/aromatic N) is 1. The first-order chi connectivity index (χ1) is 9.60. The Morgan fingerprint density at radius 2 is 2.20 bits per heavy atom. The quantitative estimate of drug-likeness (QED) is 0.807. The van der Waals surface area contributed by atoms with E-state index in [4.69, 9.17) is 4.74 Å². The van der Waals surface area contributed by atoms with Gasteiger partial charge in [0, 0.05) is 18.8 Å². The van der Waals surface area contributed by atoms with Gasteiger partial charge in [-0.3, -0.25) is 0 Å². The van der Waals surface area contributed by atoms with E-state index in [9.17, 15) is 4.79 Å². The number of nitrogens with one attached hydrogen (secondary N) is 1. The highest BCUT2D eigenvalue weighted by atomic mass is 16.5. The van der Waals surface area contributed by atoms with Gasteiger partial charge in [0.05, 0.1) is 7.11 Å². The number of fused-ring (bicyclic) bond motifs is 1. The third-order valence-electron chi connectivity index (χ3n) is 3.89. The van der Waals surface area contributed by atoms with E-state index >= 15 is 0 Å². The molecule has 0 saturated carbocycles. The molecule has 110 valence electrons. The van der Waals surface area contributed by atoms with Gasteiger partial charge in [-0.15, -0.1) is 0 Å². The van der Waals surface area contributed by atoms with Gasteiger partial charge in [-0.2, -0.15) is 0 Å². The van der Waals surface area contributed by atoms with Crippen LogP contribution < -0.4 is 10.2 Å². The number of benzene rings is 1. The maximum absolute atomic E-state index is 12.1. The normalized spacial score (nSPS) is 16.6. The highest BCUT2D eigenvalue weighted by Crippen LogP contribution is 2.28. The summed E-state index contributed by atoms with van der Waals surface area (Å²) in [5.74, 6) is -0.199. The van der Waals surface area contributed by atoms with E-state index in [0.717, 1.165) is 25.9 Å². The molecule has 0 fully saturated rings. The largest absolute Gasteiger partial charge is 0.468 e.